The van der Waals surface area contributed by atoms with Crippen LogP contribution < -0.4 is 5.32 Å². The molecule has 2 aromatic carbocycles. The molecule has 3 aromatic rings. The maximum Gasteiger partial charge on any atom is 0.230 e. The molecule has 1 heterocycles. The average molecular weight is 339 g/mol. The van der Waals surface area contributed by atoms with Crippen LogP contribution in [0.2, 0.25) is 0 Å². The third-order valence-electron chi connectivity index (χ3n) is 3.86. The van der Waals surface area contributed by atoms with Gasteiger partial charge in [-0.05, 0) is 36.8 Å². The van der Waals surface area contributed by atoms with E-state index >= 15 is 0 Å². The Hall–Kier alpha value is -2.20. The highest BCUT2D eigenvalue weighted by Gasteiger charge is 2.14. The highest BCUT2D eigenvalue weighted by Crippen LogP contribution is 2.23. The largest absolute Gasteiger partial charge is 0.459 e. The number of carbonyl (C=O) groups is 1. The molecular weight excluding hydrogens is 318 g/mol. The molecular formula is C20H21NO2S. The molecule has 0 bridgehead atoms. The van der Waals surface area contributed by atoms with Gasteiger partial charge in [0, 0.05) is 5.39 Å². The van der Waals surface area contributed by atoms with Crippen molar-refractivity contribution in [1.29, 1.82) is 0 Å². The predicted molar refractivity (Wildman–Crippen MR) is 100 cm³/mol. The van der Waals surface area contributed by atoms with Crippen LogP contribution in [0.4, 0.5) is 0 Å². The quantitative estimate of drug-likeness (QED) is 0.640. The van der Waals surface area contributed by atoms with Gasteiger partial charge in [-0.1, -0.05) is 48.5 Å². The third-order valence-corrected chi connectivity index (χ3v) is 4.82. The van der Waals surface area contributed by atoms with Crippen LogP contribution in [-0.2, 0) is 11.2 Å². The molecule has 4 heteroatoms. The Labute approximate surface area is 146 Å². The normalized spacial score (nSPS) is 12.2. The lowest BCUT2D eigenvalue weighted by Crippen LogP contribution is -2.28. The van der Waals surface area contributed by atoms with Crippen molar-refractivity contribution in [3.8, 4) is 0 Å². The number of fused-ring (bicyclic) bond motifs is 1. The van der Waals surface area contributed by atoms with E-state index < -0.39 is 0 Å². The lowest BCUT2D eigenvalue weighted by Gasteiger charge is -2.11. The fraction of sp³-hybridized carbons (Fsp3) is 0.250. The molecule has 1 aromatic heterocycles. The van der Waals surface area contributed by atoms with Gasteiger partial charge in [0.25, 0.3) is 0 Å². The van der Waals surface area contributed by atoms with Crippen molar-refractivity contribution in [1.82, 2.24) is 5.32 Å². The Kier molecular flexibility index (Phi) is 5.59. The van der Waals surface area contributed by atoms with Crippen molar-refractivity contribution in [2.24, 2.45) is 0 Å². The molecule has 0 saturated heterocycles. The van der Waals surface area contributed by atoms with E-state index in [1.54, 1.807) is 11.8 Å². The van der Waals surface area contributed by atoms with E-state index in [1.807, 2.05) is 55.5 Å². The molecule has 0 aliphatic carbocycles. The second kappa shape index (κ2) is 8.06. The van der Waals surface area contributed by atoms with Gasteiger partial charge in [-0.15, -0.1) is 0 Å². The summed E-state index contributed by atoms with van der Waals surface area (Å²) in [6.07, 6.45) is 0.984. The molecule has 3 rings (SSSR count). The maximum atomic E-state index is 12.1. The van der Waals surface area contributed by atoms with Crippen LogP contribution in [0.25, 0.3) is 11.0 Å². The first-order valence-electron chi connectivity index (χ1n) is 8.12. The molecule has 124 valence electrons. The van der Waals surface area contributed by atoms with E-state index in [0.29, 0.717) is 5.75 Å². The number of benzene rings is 2. The van der Waals surface area contributed by atoms with E-state index in [0.717, 1.165) is 28.9 Å². The lowest BCUT2D eigenvalue weighted by molar-refractivity contribution is -0.119. The molecule has 1 atom stereocenters. The summed E-state index contributed by atoms with van der Waals surface area (Å²) in [5.41, 5.74) is 2.16. The number of amides is 1. The first kappa shape index (κ1) is 16.7. The van der Waals surface area contributed by atoms with E-state index in [2.05, 4.69) is 17.4 Å². The Bertz CT molecular complexity index is 765. The summed E-state index contributed by atoms with van der Waals surface area (Å²) in [6.45, 7) is 1.95. The van der Waals surface area contributed by atoms with Gasteiger partial charge in [0.1, 0.15) is 11.3 Å². The Morgan fingerprint density at radius 2 is 1.88 bits per heavy atom. The van der Waals surface area contributed by atoms with Gasteiger partial charge in [0.15, 0.2) is 0 Å². The number of furan rings is 1. The fourth-order valence-electron chi connectivity index (χ4n) is 2.57. The Balaban J connectivity index is 1.44. The van der Waals surface area contributed by atoms with Crippen molar-refractivity contribution in [2.45, 2.75) is 19.4 Å². The molecule has 24 heavy (non-hydrogen) atoms. The molecule has 0 fully saturated rings. The van der Waals surface area contributed by atoms with Crippen molar-refractivity contribution < 1.29 is 9.21 Å². The average Bonchev–Trinajstić information content (AvgIpc) is 3.04. The Morgan fingerprint density at radius 3 is 2.67 bits per heavy atom. The van der Waals surface area contributed by atoms with Crippen molar-refractivity contribution in [2.75, 3.05) is 11.5 Å². The maximum absolute atomic E-state index is 12.1. The van der Waals surface area contributed by atoms with Crippen molar-refractivity contribution in [3.05, 3.63) is 72.0 Å². The fourth-order valence-corrected chi connectivity index (χ4v) is 3.36. The monoisotopic (exact) mass is 339 g/mol. The molecule has 0 radical (unpaired) electrons. The first-order valence-corrected chi connectivity index (χ1v) is 9.27. The number of hydrogen-bond donors (Lipinski definition) is 1. The lowest BCUT2D eigenvalue weighted by atomic mass is 10.2. The SMILES string of the molecule is CC(NC(=O)CSCCc1ccccc1)c1cc2ccccc2o1. The van der Waals surface area contributed by atoms with Gasteiger partial charge in [-0.2, -0.15) is 11.8 Å². The van der Waals surface area contributed by atoms with Gasteiger partial charge in [0.2, 0.25) is 5.91 Å². The van der Waals surface area contributed by atoms with Crippen LogP contribution in [0, 0.1) is 0 Å². The molecule has 0 saturated carbocycles. The smallest absolute Gasteiger partial charge is 0.230 e. The van der Waals surface area contributed by atoms with Crippen LogP contribution in [-0.4, -0.2) is 17.4 Å². The van der Waals surface area contributed by atoms with Gasteiger partial charge >= 0.3 is 0 Å². The number of rotatable bonds is 7. The molecule has 1 amide bonds. The minimum absolute atomic E-state index is 0.0426. The summed E-state index contributed by atoms with van der Waals surface area (Å²) in [5, 5.41) is 4.06. The number of nitrogens with one attached hydrogen (secondary N) is 1. The zero-order valence-corrected chi connectivity index (χ0v) is 14.5. The molecule has 0 aliphatic rings. The highest BCUT2D eigenvalue weighted by molar-refractivity contribution is 7.99. The Morgan fingerprint density at radius 1 is 1.12 bits per heavy atom. The van der Waals surface area contributed by atoms with Crippen LogP contribution in [0.15, 0.2) is 65.1 Å². The van der Waals surface area contributed by atoms with Crippen LogP contribution in [0.3, 0.4) is 0 Å². The third kappa shape index (κ3) is 4.42. The van der Waals surface area contributed by atoms with Gasteiger partial charge in [-0.25, -0.2) is 0 Å². The van der Waals surface area contributed by atoms with Crippen molar-refractivity contribution >= 4 is 28.6 Å². The van der Waals surface area contributed by atoms with E-state index in [9.17, 15) is 4.79 Å². The molecule has 1 N–H and O–H groups in total. The van der Waals surface area contributed by atoms with E-state index in [1.165, 1.54) is 5.56 Å². The summed E-state index contributed by atoms with van der Waals surface area (Å²) < 4.78 is 5.79. The van der Waals surface area contributed by atoms with Crippen LogP contribution in [0.5, 0.6) is 0 Å². The minimum atomic E-state index is -0.125. The molecule has 0 spiro atoms. The zero-order chi connectivity index (χ0) is 16.8. The van der Waals surface area contributed by atoms with Crippen LogP contribution in [0.1, 0.15) is 24.3 Å². The second-order valence-electron chi connectivity index (χ2n) is 5.76. The zero-order valence-electron chi connectivity index (χ0n) is 13.7. The number of para-hydroxylation sites is 1. The molecule has 3 nitrogen and oxygen atoms in total. The van der Waals surface area contributed by atoms with Gasteiger partial charge in [-0.3, -0.25) is 4.79 Å². The van der Waals surface area contributed by atoms with Crippen molar-refractivity contribution in [3.63, 3.8) is 0 Å². The number of hydrogen-bond acceptors (Lipinski definition) is 3. The summed E-state index contributed by atoms with van der Waals surface area (Å²) >= 11 is 1.66. The molecule has 1 unspecified atom stereocenters. The highest BCUT2D eigenvalue weighted by atomic mass is 32.2. The summed E-state index contributed by atoms with van der Waals surface area (Å²) in [5.74, 6) is 2.24. The van der Waals surface area contributed by atoms with Crippen LogP contribution >= 0.6 is 11.8 Å². The van der Waals surface area contributed by atoms with Gasteiger partial charge < -0.3 is 9.73 Å². The summed E-state index contributed by atoms with van der Waals surface area (Å²) in [6, 6.07) is 20.1. The number of carbonyl (C=O) groups excluding carboxylic acids is 1. The predicted octanol–water partition coefficient (Wildman–Crippen LogP) is 4.59. The van der Waals surface area contributed by atoms with E-state index in [-0.39, 0.29) is 11.9 Å². The van der Waals surface area contributed by atoms with E-state index in [4.69, 9.17) is 4.42 Å². The summed E-state index contributed by atoms with van der Waals surface area (Å²) in [4.78, 5) is 12.1. The molecule has 0 aliphatic heterocycles. The standard InChI is InChI=1S/C20H21NO2S/c1-15(19-13-17-9-5-6-10-18(17)23-19)21-20(22)14-24-12-11-16-7-3-2-4-8-16/h2-10,13,15H,11-12,14H2,1H3,(H,21,22). The first-order chi connectivity index (χ1) is 11.7. The topological polar surface area (TPSA) is 42.2 Å². The number of thioether (sulfide) groups is 1. The van der Waals surface area contributed by atoms with Gasteiger partial charge in [0.05, 0.1) is 11.8 Å². The second-order valence-corrected chi connectivity index (χ2v) is 6.87. The summed E-state index contributed by atoms with van der Waals surface area (Å²) in [7, 11) is 0. The minimum Gasteiger partial charge on any atom is -0.459 e. The number of aryl methyl sites for hydroxylation is 1.